The van der Waals surface area contributed by atoms with Gasteiger partial charge in [0.05, 0.1) is 36.8 Å². The first kappa shape index (κ1) is 21.1. The number of nitrogens with zero attached hydrogens (tertiary/aromatic N) is 1. The van der Waals surface area contributed by atoms with Crippen LogP contribution in [0.2, 0.25) is 0 Å². The summed E-state index contributed by atoms with van der Waals surface area (Å²) in [6.07, 6.45) is 2.49. The van der Waals surface area contributed by atoms with E-state index in [0.717, 1.165) is 18.4 Å². The van der Waals surface area contributed by atoms with E-state index < -0.39 is 11.7 Å². The van der Waals surface area contributed by atoms with Crippen LogP contribution in [-0.4, -0.2) is 34.5 Å². The van der Waals surface area contributed by atoms with Gasteiger partial charge in [-0.05, 0) is 51.8 Å². The third kappa shape index (κ3) is 6.17. The van der Waals surface area contributed by atoms with Gasteiger partial charge in [0.25, 0.3) is 0 Å². The van der Waals surface area contributed by atoms with Crippen LogP contribution in [-0.2, 0) is 20.8 Å². The number of phenols is 1. The van der Waals surface area contributed by atoms with Crippen molar-refractivity contribution in [1.29, 1.82) is 0 Å². The van der Waals surface area contributed by atoms with Crippen molar-refractivity contribution in [1.82, 2.24) is 4.98 Å². The van der Waals surface area contributed by atoms with Crippen molar-refractivity contribution in [3.8, 4) is 5.75 Å². The summed E-state index contributed by atoms with van der Waals surface area (Å²) in [5, 5.41) is 12.7. The lowest BCUT2D eigenvalue weighted by Crippen LogP contribution is -2.29. The van der Waals surface area contributed by atoms with E-state index in [-0.39, 0.29) is 24.6 Å². The predicted molar refractivity (Wildman–Crippen MR) is 109 cm³/mol. The van der Waals surface area contributed by atoms with E-state index in [0.29, 0.717) is 18.0 Å². The quantitative estimate of drug-likeness (QED) is 0.764. The predicted octanol–water partition coefficient (Wildman–Crippen LogP) is 4.57. The lowest BCUT2D eigenvalue weighted by molar-refractivity contribution is -0.0929. The number of aromatic nitrogens is 1. The van der Waals surface area contributed by atoms with E-state index in [1.54, 1.807) is 30.5 Å². The van der Waals surface area contributed by atoms with Crippen molar-refractivity contribution in [2.24, 2.45) is 0 Å². The molecule has 1 aromatic heterocycles. The molecular formula is C22H28N2O5. The normalized spacial score (nSPS) is 19.6. The number of rotatable bonds is 5. The van der Waals surface area contributed by atoms with Gasteiger partial charge in [-0.1, -0.05) is 18.2 Å². The second-order valence-corrected chi connectivity index (χ2v) is 8.02. The van der Waals surface area contributed by atoms with Crippen molar-refractivity contribution in [3.63, 3.8) is 0 Å². The first-order chi connectivity index (χ1) is 13.8. The highest BCUT2D eigenvalue weighted by atomic mass is 16.6. The Bertz CT molecular complexity index is 826. The smallest absolute Gasteiger partial charge is 0.412 e. The van der Waals surface area contributed by atoms with E-state index in [1.807, 2.05) is 32.9 Å². The first-order valence-corrected chi connectivity index (χ1v) is 9.77. The fraction of sp³-hybridized carbons (Fsp3) is 0.455. The summed E-state index contributed by atoms with van der Waals surface area (Å²) < 4.78 is 17.2. The van der Waals surface area contributed by atoms with E-state index >= 15 is 0 Å². The number of hydrogen-bond donors (Lipinski definition) is 2. The SMILES string of the molecule is CC(C)(C)OC(=O)Nc1cccnc1CO[C@@H]1CC[C@H](c2ccccc2O)OC1. The number of phenolic OH excluding ortho intramolecular Hbond substituents is 1. The standard InChI is InChI=1S/C22H28N2O5/c1-22(2,3)29-21(26)24-17-8-6-12-23-18(17)14-27-15-10-11-20(28-13-15)16-7-4-5-9-19(16)25/h4-9,12,15,20,25H,10-11,13-14H2,1-3H3,(H,24,26)/t15-,20-/m1/s1. The van der Waals surface area contributed by atoms with Crippen LogP contribution in [0.4, 0.5) is 10.5 Å². The summed E-state index contributed by atoms with van der Waals surface area (Å²) in [5.74, 6) is 0.253. The van der Waals surface area contributed by atoms with Crippen molar-refractivity contribution in [3.05, 3.63) is 53.9 Å². The van der Waals surface area contributed by atoms with Crippen LogP contribution in [0, 0.1) is 0 Å². The molecule has 7 heteroatoms. The summed E-state index contributed by atoms with van der Waals surface area (Å²) in [5.41, 5.74) is 1.41. The van der Waals surface area contributed by atoms with Crippen LogP contribution >= 0.6 is 0 Å². The van der Waals surface area contributed by atoms with Crippen LogP contribution in [0.25, 0.3) is 0 Å². The molecule has 1 aliphatic rings. The molecule has 2 heterocycles. The number of hydrogen-bond acceptors (Lipinski definition) is 6. The summed E-state index contributed by atoms with van der Waals surface area (Å²) in [6.45, 7) is 6.12. The Balaban J connectivity index is 1.52. The minimum absolute atomic E-state index is 0.0755. The highest BCUT2D eigenvalue weighted by Gasteiger charge is 2.25. The third-order valence-electron chi connectivity index (χ3n) is 4.50. The van der Waals surface area contributed by atoms with Crippen LogP contribution < -0.4 is 5.32 Å². The maximum absolute atomic E-state index is 12.0. The van der Waals surface area contributed by atoms with Gasteiger partial charge in [-0.2, -0.15) is 0 Å². The molecule has 1 amide bonds. The Kier molecular flexibility index (Phi) is 6.71. The number of pyridine rings is 1. The van der Waals surface area contributed by atoms with Crippen LogP contribution in [0.3, 0.4) is 0 Å². The van der Waals surface area contributed by atoms with Crippen molar-refractivity contribution < 1.29 is 24.1 Å². The number of amides is 1. The van der Waals surface area contributed by atoms with Gasteiger partial charge in [-0.3, -0.25) is 10.3 Å². The van der Waals surface area contributed by atoms with Gasteiger partial charge in [0.2, 0.25) is 0 Å². The van der Waals surface area contributed by atoms with Crippen LogP contribution in [0.5, 0.6) is 5.75 Å². The molecule has 1 fully saturated rings. The zero-order chi connectivity index (χ0) is 20.9. The zero-order valence-corrected chi connectivity index (χ0v) is 17.1. The number of anilines is 1. The van der Waals surface area contributed by atoms with E-state index in [2.05, 4.69) is 10.3 Å². The molecule has 2 aromatic rings. The Morgan fingerprint density at radius 3 is 2.72 bits per heavy atom. The molecule has 7 nitrogen and oxygen atoms in total. The summed E-state index contributed by atoms with van der Waals surface area (Å²) >= 11 is 0. The van der Waals surface area contributed by atoms with Gasteiger partial charge >= 0.3 is 6.09 Å². The fourth-order valence-electron chi connectivity index (χ4n) is 3.14. The fourth-order valence-corrected chi connectivity index (χ4v) is 3.14. The number of carbonyl (C=O) groups excluding carboxylic acids is 1. The van der Waals surface area contributed by atoms with Crippen molar-refractivity contribution >= 4 is 11.8 Å². The molecule has 0 unspecified atom stereocenters. The van der Waals surface area contributed by atoms with Crippen molar-refractivity contribution in [2.75, 3.05) is 11.9 Å². The summed E-state index contributed by atoms with van der Waals surface area (Å²) in [4.78, 5) is 16.4. The Labute approximate surface area is 171 Å². The Morgan fingerprint density at radius 1 is 1.24 bits per heavy atom. The minimum Gasteiger partial charge on any atom is -0.508 e. The molecule has 1 saturated heterocycles. The van der Waals surface area contributed by atoms with Crippen LogP contribution in [0.15, 0.2) is 42.6 Å². The highest BCUT2D eigenvalue weighted by molar-refractivity contribution is 5.85. The number of benzene rings is 1. The number of ether oxygens (including phenoxy) is 3. The molecule has 0 spiro atoms. The summed E-state index contributed by atoms with van der Waals surface area (Å²) in [6, 6.07) is 10.7. The lowest BCUT2D eigenvalue weighted by Gasteiger charge is -2.29. The van der Waals surface area contributed by atoms with Gasteiger partial charge in [0.1, 0.15) is 11.4 Å². The molecule has 29 heavy (non-hydrogen) atoms. The number of para-hydroxylation sites is 1. The van der Waals surface area contributed by atoms with E-state index in [4.69, 9.17) is 14.2 Å². The maximum atomic E-state index is 12.0. The van der Waals surface area contributed by atoms with Gasteiger partial charge in [-0.15, -0.1) is 0 Å². The number of nitrogens with one attached hydrogen (secondary N) is 1. The number of aromatic hydroxyl groups is 1. The largest absolute Gasteiger partial charge is 0.508 e. The Morgan fingerprint density at radius 2 is 2.03 bits per heavy atom. The lowest BCUT2D eigenvalue weighted by atomic mass is 9.99. The average molecular weight is 400 g/mol. The minimum atomic E-state index is -0.577. The van der Waals surface area contributed by atoms with Gasteiger partial charge < -0.3 is 19.3 Å². The number of carbonyl (C=O) groups is 1. The van der Waals surface area contributed by atoms with E-state index in [1.165, 1.54) is 0 Å². The van der Waals surface area contributed by atoms with Gasteiger partial charge in [-0.25, -0.2) is 4.79 Å². The highest BCUT2D eigenvalue weighted by Crippen LogP contribution is 2.34. The van der Waals surface area contributed by atoms with Crippen LogP contribution in [0.1, 0.15) is 51.0 Å². The summed E-state index contributed by atoms with van der Waals surface area (Å²) in [7, 11) is 0. The molecular weight excluding hydrogens is 372 g/mol. The second kappa shape index (κ2) is 9.24. The first-order valence-electron chi connectivity index (χ1n) is 9.77. The molecule has 0 saturated carbocycles. The molecule has 1 aliphatic heterocycles. The van der Waals surface area contributed by atoms with Crippen molar-refractivity contribution in [2.45, 2.75) is 58.0 Å². The molecule has 0 bridgehead atoms. The average Bonchev–Trinajstić information content (AvgIpc) is 2.67. The second-order valence-electron chi connectivity index (χ2n) is 8.02. The van der Waals surface area contributed by atoms with Gasteiger partial charge in [0, 0.05) is 11.8 Å². The van der Waals surface area contributed by atoms with Gasteiger partial charge in [0.15, 0.2) is 0 Å². The maximum Gasteiger partial charge on any atom is 0.412 e. The molecule has 2 atom stereocenters. The zero-order valence-electron chi connectivity index (χ0n) is 17.1. The Hall–Kier alpha value is -2.64. The topological polar surface area (TPSA) is 89.9 Å². The van der Waals surface area contributed by atoms with E-state index in [9.17, 15) is 9.90 Å². The molecule has 156 valence electrons. The monoisotopic (exact) mass is 400 g/mol. The third-order valence-corrected chi connectivity index (χ3v) is 4.50. The molecule has 0 aliphatic carbocycles. The molecule has 0 radical (unpaired) electrons. The molecule has 2 N–H and O–H groups in total. The molecule has 3 rings (SSSR count). The molecule has 1 aromatic carbocycles.